The van der Waals surface area contributed by atoms with Gasteiger partial charge >= 0.3 is 0 Å². The smallest absolute Gasteiger partial charge is 0.257 e. The summed E-state index contributed by atoms with van der Waals surface area (Å²) in [5.41, 5.74) is 3.81. The number of morpholine rings is 1. The van der Waals surface area contributed by atoms with Crippen LogP contribution in [-0.2, 0) is 4.74 Å². The Morgan fingerprint density at radius 2 is 1.93 bits per heavy atom. The van der Waals surface area contributed by atoms with Crippen LogP contribution in [0.2, 0.25) is 0 Å². The Kier molecular flexibility index (Phi) is 5.78. The van der Waals surface area contributed by atoms with Crippen molar-refractivity contribution in [1.29, 1.82) is 0 Å². The Morgan fingerprint density at radius 3 is 2.71 bits per heavy atom. The minimum Gasteiger partial charge on any atom is -0.379 e. The normalized spacial score (nSPS) is 21.1. The van der Waals surface area contributed by atoms with Gasteiger partial charge in [-0.3, -0.25) is 9.69 Å². The molecule has 2 aliphatic heterocycles. The lowest BCUT2D eigenvalue weighted by Crippen LogP contribution is -2.51. The summed E-state index contributed by atoms with van der Waals surface area (Å²) in [6, 6.07) is 8.43. The van der Waals surface area contributed by atoms with Crippen LogP contribution >= 0.6 is 0 Å². The van der Waals surface area contributed by atoms with Gasteiger partial charge in [0.2, 0.25) is 0 Å². The molecule has 0 saturated carbocycles. The van der Waals surface area contributed by atoms with Gasteiger partial charge in [-0.05, 0) is 44.7 Å². The highest BCUT2D eigenvalue weighted by molar-refractivity contribution is 5.95. The number of likely N-dealkylation sites (tertiary alicyclic amines) is 1. The minimum absolute atomic E-state index is 0.121. The van der Waals surface area contributed by atoms with Gasteiger partial charge in [0.15, 0.2) is 0 Å². The van der Waals surface area contributed by atoms with Crippen molar-refractivity contribution >= 4 is 5.91 Å². The molecule has 3 heterocycles. The third-order valence-electron chi connectivity index (χ3n) is 6.04. The summed E-state index contributed by atoms with van der Waals surface area (Å²) in [6.07, 6.45) is 5.09. The maximum atomic E-state index is 13.4. The molecule has 0 N–H and O–H groups in total. The van der Waals surface area contributed by atoms with Crippen LogP contribution in [0.25, 0.3) is 5.69 Å². The van der Waals surface area contributed by atoms with Crippen molar-refractivity contribution < 1.29 is 9.53 Å². The molecule has 0 radical (unpaired) electrons. The zero-order valence-corrected chi connectivity index (χ0v) is 16.9. The zero-order chi connectivity index (χ0) is 19.5. The molecule has 150 valence electrons. The highest BCUT2D eigenvalue weighted by atomic mass is 16.5. The number of aryl methyl sites for hydroxylation is 1. The summed E-state index contributed by atoms with van der Waals surface area (Å²) < 4.78 is 7.36. The molecular weight excluding hydrogens is 352 g/mol. The zero-order valence-electron chi connectivity index (χ0n) is 16.9. The van der Waals surface area contributed by atoms with Crippen molar-refractivity contribution in [1.82, 2.24) is 19.6 Å². The number of carbonyl (C=O) groups excluding carboxylic acids is 1. The van der Waals surface area contributed by atoms with Crippen LogP contribution in [0.15, 0.2) is 30.5 Å². The summed E-state index contributed by atoms with van der Waals surface area (Å²) in [6.45, 7) is 9.36. The monoisotopic (exact) mass is 382 g/mol. The largest absolute Gasteiger partial charge is 0.379 e. The number of benzene rings is 1. The Labute approximate surface area is 167 Å². The van der Waals surface area contributed by atoms with Gasteiger partial charge in [0.1, 0.15) is 0 Å². The third-order valence-corrected chi connectivity index (χ3v) is 6.04. The number of amides is 1. The van der Waals surface area contributed by atoms with Gasteiger partial charge in [-0.25, -0.2) is 4.68 Å². The first-order chi connectivity index (χ1) is 13.6. The fourth-order valence-corrected chi connectivity index (χ4v) is 4.36. The number of piperidine rings is 1. The number of para-hydroxylation sites is 1. The van der Waals surface area contributed by atoms with Gasteiger partial charge in [0.25, 0.3) is 5.91 Å². The molecule has 2 saturated heterocycles. The molecule has 1 amide bonds. The van der Waals surface area contributed by atoms with Crippen LogP contribution in [0.5, 0.6) is 0 Å². The summed E-state index contributed by atoms with van der Waals surface area (Å²) in [7, 11) is 0. The van der Waals surface area contributed by atoms with Gasteiger partial charge in [0, 0.05) is 32.2 Å². The summed E-state index contributed by atoms with van der Waals surface area (Å²) >= 11 is 0. The SMILES string of the molecule is Cc1ccccc1-n1ncc(C(=O)N2CCCCC2CN2CCOCC2)c1C. The van der Waals surface area contributed by atoms with Crippen molar-refractivity contribution in [3.63, 3.8) is 0 Å². The second kappa shape index (κ2) is 8.45. The highest BCUT2D eigenvalue weighted by Crippen LogP contribution is 2.24. The first kappa shape index (κ1) is 19.2. The number of aromatic nitrogens is 2. The number of nitrogens with zero attached hydrogens (tertiary/aromatic N) is 4. The number of carbonyl (C=O) groups is 1. The predicted molar refractivity (Wildman–Crippen MR) is 109 cm³/mol. The molecule has 0 bridgehead atoms. The topological polar surface area (TPSA) is 50.6 Å². The number of ether oxygens (including phenoxy) is 1. The Balaban J connectivity index is 1.55. The van der Waals surface area contributed by atoms with E-state index in [1.807, 2.05) is 29.8 Å². The summed E-state index contributed by atoms with van der Waals surface area (Å²) in [5.74, 6) is 0.121. The van der Waals surface area contributed by atoms with Crippen LogP contribution in [0.3, 0.4) is 0 Å². The van der Waals surface area contributed by atoms with Crippen LogP contribution in [0.4, 0.5) is 0 Å². The molecule has 1 aromatic heterocycles. The molecule has 1 unspecified atom stereocenters. The second-order valence-corrected chi connectivity index (χ2v) is 7.90. The maximum Gasteiger partial charge on any atom is 0.257 e. The van der Waals surface area contributed by atoms with E-state index in [2.05, 4.69) is 27.9 Å². The quantitative estimate of drug-likeness (QED) is 0.816. The van der Waals surface area contributed by atoms with E-state index in [1.54, 1.807) is 6.20 Å². The molecule has 2 aliphatic rings. The molecule has 2 aromatic rings. The molecule has 1 aromatic carbocycles. The van der Waals surface area contributed by atoms with Crippen LogP contribution < -0.4 is 0 Å². The van der Waals surface area contributed by atoms with Crippen molar-refractivity contribution in [2.24, 2.45) is 0 Å². The van der Waals surface area contributed by atoms with E-state index in [9.17, 15) is 4.79 Å². The van der Waals surface area contributed by atoms with E-state index in [-0.39, 0.29) is 11.9 Å². The first-order valence-corrected chi connectivity index (χ1v) is 10.4. The van der Waals surface area contributed by atoms with Gasteiger partial charge in [-0.1, -0.05) is 18.2 Å². The molecule has 6 heteroatoms. The fourth-order valence-electron chi connectivity index (χ4n) is 4.36. The lowest BCUT2D eigenvalue weighted by molar-refractivity contribution is 0.0166. The molecule has 4 rings (SSSR count). The lowest BCUT2D eigenvalue weighted by Gasteiger charge is -2.39. The maximum absolute atomic E-state index is 13.4. The van der Waals surface area contributed by atoms with E-state index in [0.29, 0.717) is 0 Å². The number of rotatable bonds is 4. The molecule has 0 spiro atoms. The van der Waals surface area contributed by atoms with E-state index < -0.39 is 0 Å². The molecule has 2 fully saturated rings. The van der Waals surface area contributed by atoms with Gasteiger partial charge in [0.05, 0.1) is 36.4 Å². The van der Waals surface area contributed by atoms with Crippen molar-refractivity contribution in [3.05, 3.63) is 47.3 Å². The van der Waals surface area contributed by atoms with Gasteiger partial charge in [-0.15, -0.1) is 0 Å². The molecule has 28 heavy (non-hydrogen) atoms. The summed E-state index contributed by atoms with van der Waals surface area (Å²) in [4.78, 5) is 18.0. The standard InChI is InChI=1S/C22H30N4O2/c1-17-7-3-4-9-21(17)26-18(2)20(15-23-26)22(27)25-10-6-5-8-19(25)16-24-11-13-28-14-12-24/h3-4,7,9,15,19H,5-6,8,10-14,16H2,1-2H3. The molecular formula is C22H30N4O2. The molecule has 0 aliphatic carbocycles. The van der Waals surface area contributed by atoms with Crippen molar-refractivity contribution in [2.45, 2.75) is 39.2 Å². The average molecular weight is 383 g/mol. The number of hydrogen-bond acceptors (Lipinski definition) is 4. The van der Waals surface area contributed by atoms with Gasteiger partial charge in [-0.2, -0.15) is 5.10 Å². The molecule has 6 nitrogen and oxygen atoms in total. The Morgan fingerprint density at radius 1 is 1.14 bits per heavy atom. The molecule has 1 atom stereocenters. The summed E-state index contributed by atoms with van der Waals surface area (Å²) in [5, 5.41) is 4.55. The Bertz CT molecular complexity index is 826. The van der Waals surface area contributed by atoms with Gasteiger partial charge < -0.3 is 9.64 Å². The van der Waals surface area contributed by atoms with E-state index in [4.69, 9.17) is 4.74 Å². The van der Waals surface area contributed by atoms with E-state index in [1.165, 1.54) is 6.42 Å². The van der Waals surface area contributed by atoms with Crippen molar-refractivity contribution in [2.75, 3.05) is 39.4 Å². The van der Waals surface area contributed by atoms with E-state index >= 15 is 0 Å². The van der Waals surface area contributed by atoms with Crippen molar-refractivity contribution in [3.8, 4) is 5.69 Å². The lowest BCUT2D eigenvalue weighted by atomic mass is 10.00. The van der Waals surface area contributed by atoms with Crippen LogP contribution in [0, 0.1) is 13.8 Å². The first-order valence-electron chi connectivity index (χ1n) is 10.4. The van der Waals surface area contributed by atoms with Crippen LogP contribution in [-0.4, -0.2) is 70.9 Å². The third kappa shape index (κ3) is 3.84. The fraction of sp³-hybridized carbons (Fsp3) is 0.545. The predicted octanol–water partition coefficient (Wildman–Crippen LogP) is 2.82. The van der Waals surface area contributed by atoms with E-state index in [0.717, 1.165) is 74.7 Å². The minimum atomic E-state index is 0.121. The second-order valence-electron chi connectivity index (χ2n) is 7.90. The number of hydrogen-bond donors (Lipinski definition) is 0. The highest BCUT2D eigenvalue weighted by Gasteiger charge is 2.31. The Hall–Kier alpha value is -2.18. The average Bonchev–Trinajstić information content (AvgIpc) is 3.10. The van der Waals surface area contributed by atoms with Crippen LogP contribution in [0.1, 0.15) is 40.9 Å².